The predicted octanol–water partition coefficient (Wildman–Crippen LogP) is 6.96. The highest BCUT2D eigenvalue weighted by Gasteiger charge is 2.49. The normalized spacial score (nSPS) is 20.1. The molecule has 9 heteroatoms. The van der Waals surface area contributed by atoms with Crippen LogP contribution in [0.4, 0.5) is 5.69 Å². The largest absolute Gasteiger partial charge is 0.371 e. The van der Waals surface area contributed by atoms with Crippen LogP contribution in [0, 0.1) is 0 Å². The van der Waals surface area contributed by atoms with E-state index in [1.807, 2.05) is 79.7 Å². The fraction of sp³-hybridized carbons (Fsp3) is 0.714. The third-order valence-electron chi connectivity index (χ3n) is 4.28. The number of benzene rings is 1. The number of fused-ring (bicyclic) bond motifs is 1. The van der Waals surface area contributed by atoms with Crippen molar-refractivity contribution >= 4 is 20.9 Å². The van der Waals surface area contributed by atoms with Crippen LogP contribution in [-0.4, -0.2) is 30.2 Å². The zero-order valence-corrected chi connectivity index (χ0v) is 21.1. The van der Waals surface area contributed by atoms with Gasteiger partial charge in [0.05, 0.1) is 30.1 Å². The second kappa shape index (κ2) is 10.3. The molecule has 1 heterocycles. The molecule has 0 bridgehead atoms. The van der Waals surface area contributed by atoms with E-state index in [9.17, 15) is 9.13 Å². The Labute approximate surface area is 181 Å². The fourth-order valence-electron chi connectivity index (χ4n) is 3.52. The van der Waals surface area contributed by atoms with Gasteiger partial charge in [0.1, 0.15) is 5.78 Å². The molecule has 0 saturated heterocycles. The number of hydrogen-bond donors (Lipinski definition) is 1. The SMILES string of the molecule is CC(C)OP(=O)(OC(C)C)C1CC(P(=O)(OC(C)C)OC(C)C)c2ccccc2N1. The van der Waals surface area contributed by atoms with Gasteiger partial charge in [0.25, 0.3) is 0 Å². The Kier molecular flexibility index (Phi) is 8.77. The summed E-state index contributed by atoms with van der Waals surface area (Å²) >= 11 is 0. The van der Waals surface area contributed by atoms with Gasteiger partial charge in [-0.1, -0.05) is 18.2 Å². The lowest BCUT2D eigenvalue weighted by molar-refractivity contribution is 0.130. The Morgan fingerprint density at radius 3 is 1.67 bits per heavy atom. The predicted molar refractivity (Wildman–Crippen MR) is 121 cm³/mol. The first kappa shape index (κ1) is 25.6. The molecule has 7 nitrogen and oxygen atoms in total. The third-order valence-corrected chi connectivity index (χ3v) is 9.50. The van der Waals surface area contributed by atoms with Gasteiger partial charge in [-0.15, -0.1) is 0 Å². The molecule has 1 aromatic carbocycles. The third kappa shape index (κ3) is 6.41. The highest BCUT2D eigenvalue weighted by atomic mass is 31.2. The van der Waals surface area contributed by atoms with Crippen LogP contribution in [0.2, 0.25) is 0 Å². The van der Waals surface area contributed by atoms with E-state index in [0.29, 0.717) is 0 Å². The zero-order valence-electron chi connectivity index (χ0n) is 19.3. The quantitative estimate of drug-likeness (QED) is 0.377. The average Bonchev–Trinajstić information content (AvgIpc) is 2.57. The molecule has 2 unspecified atom stereocenters. The number of para-hydroxylation sites is 1. The molecule has 0 spiro atoms. The van der Waals surface area contributed by atoms with Crippen LogP contribution in [0.25, 0.3) is 0 Å². The van der Waals surface area contributed by atoms with Crippen molar-refractivity contribution in [1.29, 1.82) is 0 Å². The second-order valence-corrected chi connectivity index (χ2v) is 12.9. The molecule has 0 saturated carbocycles. The maximum absolute atomic E-state index is 14.0. The van der Waals surface area contributed by atoms with Crippen molar-refractivity contribution in [1.82, 2.24) is 0 Å². The minimum Gasteiger partial charge on any atom is -0.371 e. The van der Waals surface area contributed by atoms with E-state index >= 15 is 0 Å². The minimum atomic E-state index is -3.59. The van der Waals surface area contributed by atoms with Crippen LogP contribution in [0.15, 0.2) is 24.3 Å². The molecular weight excluding hydrogens is 424 g/mol. The number of nitrogens with one attached hydrogen (secondary N) is 1. The second-order valence-electron chi connectivity index (χ2n) is 8.70. The molecule has 172 valence electrons. The summed E-state index contributed by atoms with van der Waals surface area (Å²) in [5.41, 5.74) is 0.960. The number of anilines is 1. The van der Waals surface area contributed by atoms with Crippen LogP contribution < -0.4 is 5.32 Å². The number of hydrogen-bond acceptors (Lipinski definition) is 7. The Bertz CT molecular complexity index is 767. The van der Waals surface area contributed by atoms with E-state index in [1.165, 1.54) is 0 Å². The van der Waals surface area contributed by atoms with Crippen molar-refractivity contribution in [2.75, 3.05) is 5.32 Å². The Morgan fingerprint density at radius 2 is 1.20 bits per heavy atom. The average molecular weight is 461 g/mol. The summed E-state index contributed by atoms with van der Waals surface area (Å²) in [5, 5.41) is 3.31. The topological polar surface area (TPSA) is 83.1 Å². The summed E-state index contributed by atoms with van der Waals surface area (Å²) in [6.07, 6.45) is -0.929. The lowest BCUT2D eigenvalue weighted by Crippen LogP contribution is -2.32. The summed E-state index contributed by atoms with van der Waals surface area (Å²) in [6.45, 7) is 14.6. The van der Waals surface area contributed by atoms with Gasteiger partial charge in [0.15, 0.2) is 0 Å². The molecule has 0 aliphatic carbocycles. The van der Waals surface area contributed by atoms with Crippen molar-refractivity contribution in [2.24, 2.45) is 0 Å². The maximum Gasteiger partial charge on any atom is 0.353 e. The Hall–Kier alpha value is -0.680. The van der Waals surface area contributed by atoms with E-state index in [-0.39, 0.29) is 30.8 Å². The van der Waals surface area contributed by atoms with Gasteiger partial charge in [-0.2, -0.15) is 0 Å². The van der Waals surface area contributed by atoms with E-state index < -0.39 is 26.6 Å². The molecule has 30 heavy (non-hydrogen) atoms. The highest BCUT2D eigenvalue weighted by Crippen LogP contribution is 2.69. The van der Waals surface area contributed by atoms with Crippen molar-refractivity contribution in [2.45, 2.75) is 97.7 Å². The molecule has 0 radical (unpaired) electrons. The van der Waals surface area contributed by atoms with E-state index in [4.69, 9.17) is 18.1 Å². The molecular formula is C21H37NO6P2. The molecule has 0 amide bonds. The molecule has 1 aliphatic rings. The summed E-state index contributed by atoms with van der Waals surface area (Å²) < 4.78 is 51.3. The minimum absolute atomic E-state index is 0.241. The van der Waals surface area contributed by atoms with Gasteiger partial charge in [-0.25, -0.2) is 0 Å². The van der Waals surface area contributed by atoms with Crippen LogP contribution >= 0.6 is 15.2 Å². The van der Waals surface area contributed by atoms with Crippen LogP contribution in [0.3, 0.4) is 0 Å². The smallest absolute Gasteiger partial charge is 0.353 e. The zero-order chi connectivity index (χ0) is 22.7. The van der Waals surface area contributed by atoms with Crippen molar-refractivity contribution in [3.8, 4) is 0 Å². The lowest BCUT2D eigenvalue weighted by atomic mass is 10.0. The lowest BCUT2D eigenvalue weighted by Gasteiger charge is -2.40. The van der Waals surface area contributed by atoms with Gasteiger partial charge in [0, 0.05) is 5.69 Å². The van der Waals surface area contributed by atoms with Crippen molar-refractivity contribution in [3.63, 3.8) is 0 Å². The first-order valence-corrected chi connectivity index (χ1v) is 13.9. The van der Waals surface area contributed by atoms with Crippen LogP contribution in [0.5, 0.6) is 0 Å². The first-order chi connectivity index (χ1) is 13.9. The van der Waals surface area contributed by atoms with Gasteiger partial charge in [-0.3, -0.25) is 9.13 Å². The van der Waals surface area contributed by atoms with Crippen molar-refractivity contribution < 1.29 is 27.2 Å². The molecule has 1 aromatic rings. The molecule has 1 N–H and O–H groups in total. The van der Waals surface area contributed by atoms with E-state index in [1.54, 1.807) is 0 Å². The summed E-state index contributed by atoms with van der Waals surface area (Å²) in [7, 11) is -7.17. The molecule has 0 aromatic heterocycles. The first-order valence-electron chi connectivity index (χ1n) is 10.6. The van der Waals surface area contributed by atoms with Gasteiger partial charge >= 0.3 is 15.2 Å². The van der Waals surface area contributed by atoms with Crippen LogP contribution in [0.1, 0.15) is 73.0 Å². The highest BCUT2D eigenvalue weighted by molar-refractivity contribution is 7.55. The number of rotatable bonds is 10. The van der Waals surface area contributed by atoms with E-state index in [0.717, 1.165) is 11.3 Å². The van der Waals surface area contributed by atoms with E-state index in [2.05, 4.69) is 5.32 Å². The van der Waals surface area contributed by atoms with Gasteiger partial charge < -0.3 is 23.4 Å². The van der Waals surface area contributed by atoms with Crippen LogP contribution in [-0.2, 0) is 27.2 Å². The Morgan fingerprint density at radius 1 is 0.767 bits per heavy atom. The van der Waals surface area contributed by atoms with Gasteiger partial charge in [-0.05, 0) is 73.4 Å². The van der Waals surface area contributed by atoms with Crippen molar-refractivity contribution in [3.05, 3.63) is 29.8 Å². The molecule has 2 atom stereocenters. The Balaban J connectivity index is 2.55. The fourth-order valence-corrected chi connectivity index (χ4v) is 8.53. The maximum atomic E-state index is 14.0. The van der Waals surface area contributed by atoms with Gasteiger partial charge in [0.2, 0.25) is 0 Å². The molecule has 0 fully saturated rings. The monoisotopic (exact) mass is 461 g/mol. The molecule has 2 rings (SSSR count). The standard InChI is InChI=1S/C21H37NO6P2/c1-14(2)25-29(23,26-15(3)4)20-13-21(22-19-12-10-9-11-18(19)20)30(24,27-16(5)6)28-17(7)8/h9-12,14-17,20-22H,13H2,1-8H3. The summed E-state index contributed by atoms with van der Waals surface area (Å²) in [4.78, 5) is 0. The molecule has 1 aliphatic heterocycles. The summed E-state index contributed by atoms with van der Waals surface area (Å²) in [5.74, 6) is -0.679. The summed E-state index contributed by atoms with van der Waals surface area (Å²) in [6, 6.07) is 7.54.